The van der Waals surface area contributed by atoms with E-state index in [1.807, 2.05) is 102 Å². The van der Waals surface area contributed by atoms with Gasteiger partial charge in [0.25, 0.3) is 0 Å². The first kappa shape index (κ1) is 37.1. The summed E-state index contributed by atoms with van der Waals surface area (Å²) in [5, 5.41) is 0. The highest BCUT2D eigenvalue weighted by Gasteiger charge is 2.10. The molecule has 0 saturated carbocycles. The first-order valence-electron chi connectivity index (χ1n) is 15.6. The zero-order chi connectivity index (χ0) is 35.4. The summed E-state index contributed by atoms with van der Waals surface area (Å²) in [5.41, 5.74) is 16.4. The van der Waals surface area contributed by atoms with Gasteiger partial charge in [-0.1, -0.05) is 67.3 Å². The monoisotopic (exact) mass is 648 g/mol. The van der Waals surface area contributed by atoms with Crippen molar-refractivity contribution in [3.05, 3.63) is 130 Å². The molecule has 0 unspecified atom stereocenters. The lowest BCUT2D eigenvalue weighted by molar-refractivity contribution is 0.279. The van der Waals surface area contributed by atoms with E-state index < -0.39 is 0 Å². The summed E-state index contributed by atoms with van der Waals surface area (Å²) in [6.07, 6.45) is 8.53. The lowest BCUT2D eigenvalue weighted by Crippen LogP contribution is -2.12. The van der Waals surface area contributed by atoms with Crippen LogP contribution in [0.2, 0.25) is 0 Å². The topological polar surface area (TPSA) is 101 Å². The van der Waals surface area contributed by atoms with Gasteiger partial charge in [0.1, 0.15) is 13.2 Å². The van der Waals surface area contributed by atoms with Crippen molar-refractivity contribution in [1.29, 1.82) is 0 Å². The van der Waals surface area contributed by atoms with Crippen molar-refractivity contribution >= 4 is 17.9 Å². The van der Waals surface area contributed by atoms with Crippen molar-refractivity contribution in [2.75, 3.05) is 20.8 Å². The Hall–Kier alpha value is -5.37. The summed E-state index contributed by atoms with van der Waals surface area (Å²) in [7, 11) is 3.23. The predicted molar refractivity (Wildman–Crippen MR) is 198 cm³/mol. The fourth-order valence-electron chi connectivity index (χ4n) is 4.37. The zero-order valence-corrected chi connectivity index (χ0v) is 29.6. The van der Waals surface area contributed by atoms with Gasteiger partial charge < -0.3 is 24.7 Å². The zero-order valence-electron chi connectivity index (χ0n) is 29.6. The van der Waals surface area contributed by atoms with Gasteiger partial charge in [-0.2, -0.15) is 0 Å². The molecule has 8 heteroatoms. The fraction of sp³-hybridized carbons (Fsp3) is 0.275. The molecular formula is C40H48N4O4. The van der Waals surface area contributed by atoms with E-state index in [-0.39, 0.29) is 6.61 Å². The number of aryl methyl sites for hydroxylation is 3. The van der Waals surface area contributed by atoms with Crippen LogP contribution < -0.4 is 24.7 Å². The van der Waals surface area contributed by atoms with Crippen molar-refractivity contribution in [3.63, 3.8) is 0 Å². The standard InChI is InChI=1S/C40H48N4O4/c1-25(2)28(5)42-31(8)35(41)23-47-37-18-16-33(21-39(37)45-10)14-12-26(3)20-27(4)13-15-34-17-19-38(40(22-34)46-11)48-24-36-32(9)43-29(6)30(7)44-36/h12-19,21-22H,1,3-4,20,23-24,41H2,2,5-11H3/b14-12+,15-13+,35-31-,42-28?. The van der Waals surface area contributed by atoms with E-state index in [4.69, 9.17) is 24.7 Å². The third kappa shape index (κ3) is 10.9. The third-order valence-corrected chi connectivity index (χ3v) is 7.60. The summed E-state index contributed by atoms with van der Waals surface area (Å²) in [4.78, 5) is 13.6. The summed E-state index contributed by atoms with van der Waals surface area (Å²) >= 11 is 0. The van der Waals surface area contributed by atoms with Crippen molar-refractivity contribution in [1.82, 2.24) is 9.97 Å². The number of aliphatic imine (C=N–C) groups is 1. The van der Waals surface area contributed by atoms with Crippen LogP contribution >= 0.6 is 0 Å². The quantitative estimate of drug-likeness (QED) is 0.122. The van der Waals surface area contributed by atoms with Crippen molar-refractivity contribution in [3.8, 4) is 23.0 Å². The van der Waals surface area contributed by atoms with E-state index in [9.17, 15) is 0 Å². The van der Waals surface area contributed by atoms with Crippen LogP contribution in [0, 0.1) is 20.8 Å². The molecule has 2 N–H and O–H groups in total. The molecule has 8 nitrogen and oxygen atoms in total. The summed E-state index contributed by atoms with van der Waals surface area (Å²) in [6.45, 7) is 24.3. The maximum absolute atomic E-state index is 6.20. The maximum Gasteiger partial charge on any atom is 0.161 e. The highest BCUT2D eigenvalue weighted by molar-refractivity contribution is 5.97. The third-order valence-electron chi connectivity index (χ3n) is 7.60. The van der Waals surface area contributed by atoms with Crippen LogP contribution in [0.15, 0.2) is 101 Å². The molecule has 0 saturated heterocycles. The fourth-order valence-corrected chi connectivity index (χ4v) is 4.37. The van der Waals surface area contributed by atoms with Gasteiger partial charge in [0.05, 0.1) is 48.4 Å². The first-order chi connectivity index (χ1) is 22.8. The second-order valence-electron chi connectivity index (χ2n) is 11.6. The lowest BCUT2D eigenvalue weighted by Gasteiger charge is -2.13. The molecule has 0 aliphatic rings. The number of hydrogen-bond donors (Lipinski definition) is 1. The lowest BCUT2D eigenvalue weighted by atomic mass is 10.0. The number of rotatable bonds is 16. The van der Waals surface area contributed by atoms with Crippen LogP contribution in [0.4, 0.5) is 0 Å². The Morgan fingerprint density at radius 1 is 0.750 bits per heavy atom. The van der Waals surface area contributed by atoms with E-state index in [2.05, 4.69) is 34.7 Å². The Labute approximate surface area is 285 Å². The molecule has 0 spiro atoms. The number of benzene rings is 2. The Morgan fingerprint density at radius 2 is 1.27 bits per heavy atom. The molecule has 2 aromatic carbocycles. The highest BCUT2D eigenvalue weighted by Crippen LogP contribution is 2.31. The Morgan fingerprint density at radius 3 is 1.79 bits per heavy atom. The number of aromatic nitrogens is 2. The summed E-state index contributed by atoms with van der Waals surface area (Å²) in [5.74, 6) is 2.46. The van der Waals surface area contributed by atoms with Crippen LogP contribution in [0.5, 0.6) is 23.0 Å². The van der Waals surface area contributed by atoms with Gasteiger partial charge in [0.15, 0.2) is 23.0 Å². The molecule has 3 aromatic rings. The summed E-state index contributed by atoms with van der Waals surface area (Å²) in [6, 6.07) is 11.5. The minimum Gasteiger partial charge on any atom is -0.493 e. The van der Waals surface area contributed by atoms with Crippen LogP contribution in [0.1, 0.15) is 61.1 Å². The van der Waals surface area contributed by atoms with Crippen LogP contribution in [-0.2, 0) is 6.61 Å². The Kier molecular flexibility index (Phi) is 13.5. The molecule has 0 radical (unpaired) electrons. The van der Waals surface area contributed by atoms with E-state index >= 15 is 0 Å². The van der Waals surface area contributed by atoms with Gasteiger partial charge in [0.2, 0.25) is 0 Å². The minimum absolute atomic E-state index is 0.185. The molecule has 1 aromatic heterocycles. The smallest absolute Gasteiger partial charge is 0.161 e. The molecule has 0 bridgehead atoms. The van der Waals surface area contributed by atoms with Crippen molar-refractivity contribution in [2.45, 2.75) is 54.6 Å². The van der Waals surface area contributed by atoms with Crippen LogP contribution in [0.25, 0.3) is 12.2 Å². The molecule has 0 amide bonds. The molecule has 48 heavy (non-hydrogen) atoms. The van der Waals surface area contributed by atoms with Crippen molar-refractivity contribution < 1.29 is 18.9 Å². The maximum atomic E-state index is 6.20. The van der Waals surface area contributed by atoms with Gasteiger partial charge in [-0.15, -0.1) is 0 Å². The Bertz CT molecular complexity index is 1800. The normalized spacial score (nSPS) is 12.2. The van der Waals surface area contributed by atoms with Gasteiger partial charge in [-0.25, -0.2) is 0 Å². The Balaban J connectivity index is 1.57. The number of allylic oxidation sites excluding steroid dienone is 6. The van der Waals surface area contributed by atoms with Crippen molar-refractivity contribution in [2.24, 2.45) is 10.7 Å². The largest absolute Gasteiger partial charge is 0.493 e. The second kappa shape index (κ2) is 17.5. The molecule has 3 rings (SSSR count). The molecule has 0 aliphatic carbocycles. The number of methoxy groups -OCH3 is 2. The van der Waals surface area contributed by atoms with Gasteiger partial charge >= 0.3 is 0 Å². The number of hydrogen-bond acceptors (Lipinski definition) is 8. The second-order valence-corrected chi connectivity index (χ2v) is 11.6. The van der Waals surface area contributed by atoms with Gasteiger partial charge in [-0.05, 0) is 88.9 Å². The molecular weight excluding hydrogens is 600 g/mol. The molecule has 0 fully saturated rings. The SMILES string of the molecule is C=C(/C=C/c1ccc(OC/C(N)=C(\C)N=C(C)C(=C)C)c(OC)c1)CC(=C)/C=C/c1ccc(OCc2nc(C)c(C)nc2C)c(OC)c1. The molecule has 252 valence electrons. The van der Waals surface area contributed by atoms with Gasteiger partial charge in [0, 0.05) is 5.71 Å². The minimum atomic E-state index is 0.185. The van der Waals surface area contributed by atoms with Crippen LogP contribution in [0.3, 0.4) is 0 Å². The van der Waals surface area contributed by atoms with E-state index in [1.54, 1.807) is 14.2 Å². The molecule has 0 aliphatic heterocycles. The van der Waals surface area contributed by atoms with E-state index in [0.717, 1.165) is 56.3 Å². The van der Waals surface area contributed by atoms with Crippen LogP contribution in [-0.4, -0.2) is 36.5 Å². The number of nitrogens with zero attached hydrogens (tertiary/aromatic N) is 3. The van der Waals surface area contributed by atoms with Gasteiger partial charge in [-0.3, -0.25) is 15.0 Å². The first-order valence-corrected chi connectivity index (χ1v) is 15.6. The average molecular weight is 649 g/mol. The predicted octanol–water partition coefficient (Wildman–Crippen LogP) is 8.83. The average Bonchev–Trinajstić information content (AvgIpc) is 3.06. The highest BCUT2D eigenvalue weighted by atomic mass is 16.5. The number of ether oxygens (including phenoxy) is 4. The van der Waals surface area contributed by atoms with E-state index in [0.29, 0.717) is 47.4 Å². The number of nitrogens with two attached hydrogens (primary N) is 1. The molecule has 0 atom stereocenters. The van der Waals surface area contributed by atoms with E-state index in [1.165, 1.54) is 0 Å². The summed E-state index contributed by atoms with van der Waals surface area (Å²) < 4.78 is 23.1. The molecule has 1 heterocycles.